The third-order valence-corrected chi connectivity index (χ3v) is 5.22. The average molecular weight is 410 g/mol. The molecule has 1 aliphatic rings. The molecule has 1 heterocycles. The number of nitriles is 1. The number of hydrogen-bond donors (Lipinski definition) is 0. The highest BCUT2D eigenvalue weighted by Gasteiger charge is 2.26. The third kappa shape index (κ3) is 4.44. The molecule has 0 spiro atoms. The molecule has 4 rings (SSSR count). The minimum Gasteiger partial charge on any atom is -0.493 e. The first kappa shape index (κ1) is 20.2. The van der Waals surface area contributed by atoms with Crippen LogP contribution in [0.2, 0.25) is 0 Å². The van der Waals surface area contributed by atoms with Gasteiger partial charge in [0.2, 0.25) is 0 Å². The van der Waals surface area contributed by atoms with E-state index >= 15 is 0 Å². The zero-order valence-electron chi connectivity index (χ0n) is 17.2. The first-order valence-electron chi connectivity index (χ1n) is 10.1. The summed E-state index contributed by atoms with van der Waals surface area (Å²) in [6, 6.07) is 25.1. The largest absolute Gasteiger partial charge is 0.493 e. The molecule has 0 atom stereocenters. The van der Waals surface area contributed by atoms with Gasteiger partial charge in [-0.1, -0.05) is 54.6 Å². The van der Waals surface area contributed by atoms with E-state index in [1.807, 2.05) is 60.7 Å². The van der Waals surface area contributed by atoms with Crippen molar-refractivity contribution >= 4 is 17.7 Å². The van der Waals surface area contributed by atoms with Gasteiger partial charge in [0.25, 0.3) is 5.91 Å². The van der Waals surface area contributed by atoms with Crippen LogP contribution in [0.3, 0.4) is 0 Å². The van der Waals surface area contributed by atoms with Gasteiger partial charge in [0, 0.05) is 12.2 Å². The second-order valence-electron chi connectivity index (χ2n) is 7.19. The third-order valence-electron chi connectivity index (χ3n) is 5.22. The number of nitrogens with zero attached hydrogens (tertiary/aromatic N) is 2. The molecule has 5 nitrogen and oxygen atoms in total. The molecule has 5 heteroatoms. The Morgan fingerprint density at radius 3 is 2.61 bits per heavy atom. The molecule has 0 N–H and O–H groups in total. The summed E-state index contributed by atoms with van der Waals surface area (Å²) in [7, 11) is 1.57. The van der Waals surface area contributed by atoms with Gasteiger partial charge in [-0.05, 0) is 47.4 Å². The number of carbonyl (C=O) groups excluding carboxylic acids is 1. The molecule has 1 aliphatic heterocycles. The van der Waals surface area contributed by atoms with Gasteiger partial charge in [0.15, 0.2) is 11.5 Å². The maximum absolute atomic E-state index is 13.0. The number of benzene rings is 3. The molecule has 0 saturated heterocycles. The Labute approximate surface area is 181 Å². The van der Waals surface area contributed by atoms with E-state index in [1.54, 1.807) is 30.2 Å². The van der Waals surface area contributed by atoms with Gasteiger partial charge in [-0.25, -0.2) is 0 Å². The molecular weight excluding hydrogens is 388 g/mol. The highest BCUT2D eigenvalue weighted by atomic mass is 16.5. The van der Waals surface area contributed by atoms with Crippen LogP contribution in [-0.4, -0.2) is 19.6 Å². The summed E-state index contributed by atoms with van der Waals surface area (Å²) in [4.78, 5) is 14.7. The normalized spacial score (nSPS) is 12.8. The lowest BCUT2D eigenvalue weighted by molar-refractivity contribution is -0.114. The summed E-state index contributed by atoms with van der Waals surface area (Å²) >= 11 is 0. The fraction of sp³-hybridized carbons (Fsp3) is 0.154. The lowest BCUT2D eigenvalue weighted by atomic mass is 10.1. The van der Waals surface area contributed by atoms with Crippen LogP contribution in [0.15, 0.2) is 78.4 Å². The van der Waals surface area contributed by atoms with E-state index in [-0.39, 0.29) is 11.5 Å². The Morgan fingerprint density at radius 2 is 1.84 bits per heavy atom. The molecule has 31 heavy (non-hydrogen) atoms. The minimum atomic E-state index is -0.296. The van der Waals surface area contributed by atoms with E-state index < -0.39 is 0 Å². The Kier molecular flexibility index (Phi) is 6.00. The molecule has 0 saturated carbocycles. The summed E-state index contributed by atoms with van der Waals surface area (Å²) in [5, 5.41) is 9.64. The molecule has 0 radical (unpaired) electrons. The zero-order chi connectivity index (χ0) is 21.6. The Morgan fingerprint density at radius 1 is 1.06 bits per heavy atom. The van der Waals surface area contributed by atoms with Gasteiger partial charge in [-0.3, -0.25) is 4.79 Å². The number of hydrogen-bond acceptors (Lipinski definition) is 4. The maximum Gasteiger partial charge on any atom is 0.268 e. The number of methoxy groups -OCH3 is 1. The number of para-hydroxylation sites is 1. The van der Waals surface area contributed by atoms with Crippen molar-refractivity contribution in [1.82, 2.24) is 0 Å². The summed E-state index contributed by atoms with van der Waals surface area (Å²) in [5.41, 5.74) is 3.82. The van der Waals surface area contributed by atoms with Gasteiger partial charge in [0.1, 0.15) is 18.2 Å². The molecule has 0 bridgehead atoms. The molecule has 3 aromatic rings. The monoisotopic (exact) mass is 410 g/mol. The number of fused-ring (bicyclic) bond motifs is 1. The fourth-order valence-electron chi connectivity index (χ4n) is 3.63. The fourth-order valence-corrected chi connectivity index (χ4v) is 3.63. The van der Waals surface area contributed by atoms with Crippen LogP contribution in [0.5, 0.6) is 11.5 Å². The van der Waals surface area contributed by atoms with Crippen LogP contribution >= 0.6 is 0 Å². The molecule has 0 fully saturated rings. The number of anilines is 1. The van der Waals surface area contributed by atoms with E-state index in [0.717, 1.165) is 23.2 Å². The van der Waals surface area contributed by atoms with E-state index in [1.165, 1.54) is 0 Å². The van der Waals surface area contributed by atoms with Gasteiger partial charge in [0.05, 0.1) is 7.11 Å². The molecule has 1 amide bonds. The van der Waals surface area contributed by atoms with Crippen molar-refractivity contribution in [2.75, 3.05) is 18.6 Å². The van der Waals surface area contributed by atoms with Crippen LogP contribution < -0.4 is 14.4 Å². The van der Waals surface area contributed by atoms with Crippen LogP contribution in [0.1, 0.15) is 16.7 Å². The molecule has 0 aromatic heterocycles. The lowest BCUT2D eigenvalue weighted by Gasteiger charge is -2.16. The van der Waals surface area contributed by atoms with Gasteiger partial charge >= 0.3 is 0 Å². The Bertz CT molecular complexity index is 1160. The molecule has 0 unspecified atom stereocenters. The van der Waals surface area contributed by atoms with Gasteiger partial charge < -0.3 is 14.4 Å². The van der Waals surface area contributed by atoms with Crippen molar-refractivity contribution < 1.29 is 14.3 Å². The van der Waals surface area contributed by atoms with Crippen LogP contribution in [0.4, 0.5) is 5.69 Å². The number of ether oxygens (including phenoxy) is 2. The minimum absolute atomic E-state index is 0.0803. The Hall–Kier alpha value is -4.04. The van der Waals surface area contributed by atoms with Crippen LogP contribution in [0, 0.1) is 11.3 Å². The summed E-state index contributed by atoms with van der Waals surface area (Å²) in [5.74, 6) is 0.846. The van der Waals surface area contributed by atoms with Gasteiger partial charge in [-0.2, -0.15) is 5.26 Å². The van der Waals surface area contributed by atoms with Crippen molar-refractivity contribution in [1.29, 1.82) is 5.26 Å². The van der Waals surface area contributed by atoms with E-state index in [4.69, 9.17) is 9.47 Å². The van der Waals surface area contributed by atoms with Crippen LogP contribution in [0.25, 0.3) is 6.08 Å². The molecular formula is C26H22N2O3. The van der Waals surface area contributed by atoms with E-state index in [0.29, 0.717) is 30.2 Å². The Balaban J connectivity index is 1.54. The van der Waals surface area contributed by atoms with Crippen molar-refractivity contribution in [3.63, 3.8) is 0 Å². The van der Waals surface area contributed by atoms with Crippen molar-refractivity contribution in [2.24, 2.45) is 0 Å². The van der Waals surface area contributed by atoms with Crippen molar-refractivity contribution in [3.8, 4) is 17.6 Å². The first-order chi connectivity index (χ1) is 15.2. The van der Waals surface area contributed by atoms with Crippen molar-refractivity contribution in [3.05, 3.63) is 95.1 Å². The van der Waals surface area contributed by atoms with E-state index in [2.05, 4.69) is 6.07 Å². The summed E-state index contributed by atoms with van der Waals surface area (Å²) < 4.78 is 11.3. The zero-order valence-corrected chi connectivity index (χ0v) is 17.2. The summed E-state index contributed by atoms with van der Waals surface area (Å²) in [6.07, 6.45) is 2.38. The summed E-state index contributed by atoms with van der Waals surface area (Å²) in [6.45, 7) is 0.996. The maximum atomic E-state index is 13.0. The first-order valence-corrected chi connectivity index (χ1v) is 10.1. The highest BCUT2D eigenvalue weighted by molar-refractivity contribution is 6.12. The van der Waals surface area contributed by atoms with Crippen LogP contribution in [-0.2, 0) is 17.8 Å². The standard InChI is InChI=1S/C26H22N2O3/c1-30-25-16-20(11-12-24(25)31-18-19-7-3-2-4-8-19)15-22(17-27)26(29)28-14-13-21-9-5-6-10-23(21)28/h2-12,15-16H,13-14,18H2,1H3/b22-15+. The average Bonchev–Trinajstić information content (AvgIpc) is 3.26. The smallest absolute Gasteiger partial charge is 0.268 e. The molecule has 0 aliphatic carbocycles. The number of amides is 1. The number of carbonyl (C=O) groups is 1. The quantitative estimate of drug-likeness (QED) is 0.434. The highest BCUT2D eigenvalue weighted by Crippen LogP contribution is 2.31. The predicted octanol–water partition coefficient (Wildman–Crippen LogP) is 4.77. The molecule has 154 valence electrons. The topological polar surface area (TPSA) is 62.6 Å². The van der Waals surface area contributed by atoms with Gasteiger partial charge in [-0.15, -0.1) is 0 Å². The number of rotatable bonds is 6. The van der Waals surface area contributed by atoms with E-state index in [9.17, 15) is 10.1 Å². The lowest BCUT2D eigenvalue weighted by Crippen LogP contribution is -2.29. The second-order valence-corrected chi connectivity index (χ2v) is 7.19. The molecule has 3 aromatic carbocycles. The van der Waals surface area contributed by atoms with Crippen molar-refractivity contribution in [2.45, 2.75) is 13.0 Å². The SMILES string of the molecule is COc1cc(/C=C(\C#N)C(=O)N2CCc3ccccc32)ccc1OCc1ccccc1. The predicted molar refractivity (Wildman–Crippen MR) is 120 cm³/mol. The second kappa shape index (κ2) is 9.19.